The number of hydrogen-bond acceptors (Lipinski definition) is 4. The zero-order valence-corrected chi connectivity index (χ0v) is 12.3. The van der Waals surface area contributed by atoms with Crippen LogP contribution in [0.4, 0.5) is 0 Å². The molecule has 1 aliphatic heterocycles. The van der Waals surface area contributed by atoms with Gasteiger partial charge in [-0.2, -0.15) is 0 Å². The van der Waals surface area contributed by atoms with Crippen LogP contribution in [-0.2, 0) is 9.47 Å². The van der Waals surface area contributed by atoms with Crippen LogP contribution in [-0.4, -0.2) is 63.5 Å². The van der Waals surface area contributed by atoms with Crippen molar-refractivity contribution in [1.82, 2.24) is 10.2 Å². The molecule has 0 radical (unpaired) electrons. The molecule has 1 fully saturated rings. The molecule has 0 aliphatic carbocycles. The molecular formula is C14H30N2O2. The molecule has 0 amide bonds. The molecule has 0 spiro atoms. The highest BCUT2D eigenvalue weighted by Gasteiger charge is 2.22. The summed E-state index contributed by atoms with van der Waals surface area (Å²) in [5.74, 6) is 0. The summed E-state index contributed by atoms with van der Waals surface area (Å²) < 4.78 is 10.8. The summed E-state index contributed by atoms with van der Waals surface area (Å²) in [4.78, 5) is 2.53. The van der Waals surface area contributed by atoms with Gasteiger partial charge in [0.2, 0.25) is 0 Å². The topological polar surface area (TPSA) is 33.7 Å². The molecular weight excluding hydrogens is 228 g/mol. The van der Waals surface area contributed by atoms with E-state index in [1.165, 1.54) is 19.4 Å². The summed E-state index contributed by atoms with van der Waals surface area (Å²) in [6, 6.07) is 0.593. The number of methoxy groups -OCH3 is 1. The Morgan fingerprint density at radius 3 is 3.00 bits per heavy atom. The molecule has 4 heteroatoms. The maximum absolute atomic E-state index is 5.46. The van der Waals surface area contributed by atoms with Gasteiger partial charge < -0.3 is 14.8 Å². The molecule has 18 heavy (non-hydrogen) atoms. The van der Waals surface area contributed by atoms with Crippen LogP contribution in [0.15, 0.2) is 0 Å². The van der Waals surface area contributed by atoms with Crippen molar-refractivity contribution in [2.75, 3.05) is 46.5 Å². The normalized spacial score (nSPS) is 23.2. The molecule has 1 N–H and O–H groups in total. The Labute approximate surface area is 112 Å². The van der Waals surface area contributed by atoms with Gasteiger partial charge in [0.1, 0.15) is 0 Å². The van der Waals surface area contributed by atoms with E-state index in [-0.39, 0.29) is 0 Å². The van der Waals surface area contributed by atoms with Gasteiger partial charge in [-0.1, -0.05) is 0 Å². The van der Waals surface area contributed by atoms with E-state index in [1.54, 1.807) is 0 Å². The lowest BCUT2D eigenvalue weighted by atomic mass is 10.1. The standard InChI is InChI=1S/C14H30N2O2/c1-4-18-10-6-8-15-11-13(2)16-9-5-7-14(12-16)17-3/h13-15H,4-12H2,1-3H3. The van der Waals surface area contributed by atoms with Gasteiger partial charge in [0.25, 0.3) is 0 Å². The van der Waals surface area contributed by atoms with E-state index >= 15 is 0 Å². The van der Waals surface area contributed by atoms with Crippen molar-refractivity contribution in [1.29, 1.82) is 0 Å². The van der Waals surface area contributed by atoms with E-state index in [1.807, 2.05) is 14.0 Å². The van der Waals surface area contributed by atoms with Crippen LogP contribution in [0.3, 0.4) is 0 Å². The van der Waals surface area contributed by atoms with Gasteiger partial charge in [-0.3, -0.25) is 4.90 Å². The molecule has 1 heterocycles. The van der Waals surface area contributed by atoms with E-state index in [9.17, 15) is 0 Å². The summed E-state index contributed by atoms with van der Waals surface area (Å²) in [5.41, 5.74) is 0. The first kappa shape index (κ1) is 15.9. The molecule has 2 unspecified atom stereocenters. The van der Waals surface area contributed by atoms with Gasteiger partial charge in [0.15, 0.2) is 0 Å². The lowest BCUT2D eigenvalue weighted by Crippen LogP contribution is -2.47. The van der Waals surface area contributed by atoms with Gasteiger partial charge >= 0.3 is 0 Å². The van der Waals surface area contributed by atoms with Crippen molar-refractivity contribution in [3.05, 3.63) is 0 Å². The second-order valence-corrected chi connectivity index (χ2v) is 5.10. The molecule has 1 saturated heterocycles. The Bertz CT molecular complexity index is 202. The number of ether oxygens (including phenoxy) is 2. The summed E-state index contributed by atoms with van der Waals surface area (Å²) in [7, 11) is 1.82. The van der Waals surface area contributed by atoms with Gasteiger partial charge in [-0.05, 0) is 46.2 Å². The second-order valence-electron chi connectivity index (χ2n) is 5.10. The fraction of sp³-hybridized carbons (Fsp3) is 1.00. The van der Waals surface area contributed by atoms with E-state index < -0.39 is 0 Å². The maximum Gasteiger partial charge on any atom is 0.0698 e. The molecule has 0 aromatic heterocycles. The number of hydrogen-bond donors (Lipinski definition) is 1. The zero-order valence-electron chi connectivity index (χ0n) is 12.3. The van der Waals surface area contributed by atoms with Crippen molar-refractivity contribution < 1.29 is 9.47 Å². The quantitative estimate of drug-likeness (QED) is 0.636. The predicted octanol–water partition coefficient (Wildman–Crippen LogP) is 1.50. The Kier molecular flexibility index (Phi) is 8.59. The van der Waals surface area contributed by atoms with Crippen LogP contribution < -0.4 is 5.32 Å². The molecule has 1 rings (SSSR count). The molecule has 4 nitrogen and oxygen atoms in total. The summed E-state index contributed by atoms with van der Waals surface area (Å²) in [6.45, 7) is 10.4. The minimum Gasteiger partial charge on any atom is -0.382 e. The number of likely N-dealkylation sites (tertiary alicyclic amines) is 1. The van der Waals surface area contributed by atoms with Gasteiger partial charge in [-0.15, -0.1) is 0 Å². The van der Waals surface area contributed by atoms with E-state index in [0.29, 0.717) is 12.1 Å². The smallest absolute Gasteiger partial charge is 0.0698 e. The molecule has 0 aromatic rings. The van der Waals surface area contributed by atoms with Crippen molar-refractivity contribution in [3.8, 4) is 0 Å². The van der Waals surface area contributed by atoms with Crippen molar-refractivity contribution in [2.45, 2.75) is 45.3 Å². The number of piperidine rings is 1. The minimum absolute atomic E-state index is 0.430. The Balaban J connectivity index is 2.06. The third-order valence-electron chi connectivity index (χ3n) is 3.65. The van der Waals surface area contributed by atoms with Crippen LogP contribution in [0, 0.1) is 0 Å². The first-order chi connectivity index (χ1) is 8.77. The largest absolute Gasteiger partial charge is 0.382 e. The Hall–Kier alpha value is -0.160. The lowest BCUT2D eigenvalue weighted by molar-refractivity contribution is 0.0175. The Morgan fingerprint density at radius 1 is 1.44 bits per heavy atom. The molecule has 2 atom stereocenters. The highest BCUT2D eigenvalue weighted by atomic mass is 16.5. The first-order valence-corrected chi connectivity index (χ1v) is 7.33. The lowest BCUT2D eigenvalue weighted by Gasteiger charge is -2.36. The fourth-order valence-corrected chi connectivity index (χ4v) is 2.44. The highest BCUT2D eigenvalue weighted by Crippen LogP contribution is 2.14. The second kappa shape index (κ2) is 9.73. The molecule has 0 saturated carbocycles. The number of rotatable bonds is 9. The average molecular weight is 258 g/mol. The van der Waals surface area contributed by atoms with E-state index in [2.05, 4.69) is 17.1 Å². The predicted molar refractivity (Wildman–Crippen MR) is 75.0 cm³/mol. The SMILES string of the molecule is CCOCCCNCC(C)N1CCCC(OC)C1. The summed E-state index contributed by atoms with van der Waals surface area (Å²) in [6.07, 6.45) is 4.00. The van der Waals surface area contributed by atoms with Crippen LogP contribution in [0.25, 0.3) is 0 Å². The number of nitrogens with zero attached hydrogens (tertiary/aromatic N) is 1. The summed E-state index contributed by atoms with van der Waals surface area (Å²) in [5, 5.41) is 3.51. The Morgan fingerprint density at radius 2 is 2.28 bits per heavy atom. The monoisotopic (exact) mass is 258 g/mol. The third-order valence-corrected chi connectivity index (χ3v) is 3.65. The minimum atomic E-state index is 0.430. The third kappa shape index (κ3) is 6.14. The zero-order chi connectivity index (χ0) is 13.2. The maximum atomic E-state index is 5.46. The fourth-order valence-electron chi connectivity index (χ4n) is 2.44. The number of nitrogens with one attached hydrogen (secondary N) is 1. The molecule has 0 aromatic carbocycles. The van der Waals surface area contributed by atoms with Crippen LogP contribution >= 0.6 is 0 Å². The van der Waals surface area contributed by atoms with Gasteiger partial charge in [0.05, 0.1) is 6.10 Å². The van der Waals surface area contributed by atoms with Crippen LogP contribution in [0.1, 0.15) is 33.1 Å². The summed E-state index contributed by atoms with van der Waals surface area (Å²) >= 11 is 0. The molecule has 1 aliphatic rings. The van der Waals surface area contributed by atoms with Gasteiger partial charge in [-0.25, -0.2) is 0 Å². The van der Waals surface area contributed by atoms with Crippen LogP contribution in [0.2, 0.25) is 0 Å². The van der Waals surface area contributed by atoms with Crippen molar-refractivity contribution in [3.63, 3.8) is 0 Å². The van der Waals surface area contributed by atoms with Crippen molar-refractivity contribution in [2.24, 2.45) is 0 Å². The van der Waals surface area contributed by atoms with Gasteiger partial charge in [0, 0.05) is 39.5 Å². The average Bonchev–Trinajstić information content (AvgIpc) is 2.42. The van der Waals surface area contributed by atoms with Crippen LogP contribution in [0.5, 0.6) is 0 Å². The van der Waals surface area contributed by atoms with E-state index in [0.717, 1.165) is 39.3 Å². The van der Waals surface area contributed by atoms with Crippen molar-refractivity contribution >= 4 is 0 Å². The van der Waals surface area contributed by atoms with E-state index in [4.69, 9.17) is 9.47 Å². The first-order valence-electron chi connectivity index (χ1n) is 7.33. The highest BCUT2D eigenvalue weighted by molar-refractivity contribution is 4.78. The molecule has 0 bridgehead atoms. The molecule has 108 valence electrons.